The molecule has 1 fully saturated rings. The fourth-order valence-electron chi connectivity index (χ4n) is 2.26. The van der Waals surface area contributed by atoms with Crippen molar-refractivity contribution in [3.8, 4) is 0 Å². The lowest BCUT2D eigenvalue weighted by Crippen LogP contribution is -2.38. The van der Waals surface area contributed by atoms with Crippen LogP contribution >= 0.6 is 24.0 Å². The zero-order valence-corrected chi connectivity index (χ0v) is 17.3. The summed E-state index contributed by atoms with van der Waals surface area (Å²) in [5, 5.41) is 6.41. The largest absolute Gasteiger partial charge is 0.357 e. The van der Waals surface area contributed by atoms with Gasteiger partial charge < -0.3 is 10.6 Å². The number of nitrogens with zero attached hydrogens (tertiary/aromatic N) is 1. The van der Waals surface area contributed by atoms with Gasteiger partial charge in [0.05, 0.1) is 11.5 Å². The van der Waals surface area contributed by atoms with Crippen LogP contribution in [-0.2, 0) is 15.6 Å². The maximum Gasteiger partial charge on any atom is 0.191 e. The molecule has 5 nitrogen and oxygen atoms in total. The number of benzene rings is 1. The SMILES string of the molecule is CCNC(=NCC1CC1)NCCCS(=O)(=O)Cc1ccccc1.I. The van der Waals surface area contributed by atoms with E-state index in [-0.39, 0.29) is 35.5 Å². The number of sulfone groups is 1. The molecule has 1 saturated carbocycles. The Kier molecular flexibility index (Phi) is 9.65. The summed E-state index contributed by atoms with van der Waals surface area (Å²) >= 11 is 0. The number of hydrogen-bond donors (Lipinski definition) is 2. The number of halogens is 1. The molecule has 0 amide bonds. The molecule has 2 rings (SSSR count). The summed E-state index contributed by atoms with van der Waals surface area (Å²) < 4.78 is 24.2. The van der Waals surface area contributed by atoms with E-state index in [1.54, 1.807) is 0 Å². The maximum absolute atomic E-state index is 12.1. The molecule has 7 heteroatoms. The molecule has 24 heavy (non-hydrogen) atoms. The molecule has 0 radical (unpaired) electrons. The van der Waals surface area contributed by atoms with E-state index in [9.17, 15) is 8.42 Å². The Morgan fingerprint density at radius 3 is 2.54 bits per heavy atom. The lowest BCUT2D eigenvalue weighted by molar-refractivity contribution is 0.591. The smallest absolute Gasteiger partial charge is 0.191 e. The second-order valence-electron chi connectivity index (χ2n) is 6.02. The Labute approximate surface area is 162 Å². The third-order valence-corrected chi connectivity index (χ3v) is 5.39. The second-order valence-corrected chi connectivity index (χ2v) is 8.21. The average Bonchev–Trinajstić information content (AvgIpc) is 3.34. The molecule has 1 aliphatic rings. The summed E-state index contributed by atoms with van der Waals surface area (Å²) in [5.41, 5.74) is 0.847. The highest BCUT2D eigenvalue weighted by molar-refractivity contribution is 14.0. The molecule has 0 aromatic heterocycles. The molecule has 1 aromatic rings. The molecule has 0 spiro atoms. The molecular weight excluding hydrogens is 437 g/mol. The topological polar surface area (TPSA) is 70.6 Å². The summed E-state index contributed by atoms with van der Waals surface area (Å²) in [6.45, 7) is 4.31. The van der Waals surface area contributed by atoms with Gasteiger partial charge in [0.15, 0.2) is 15.8 Å². The minimum absolute atomic E-state index is 0. The van der Waals surface area contributed by atoms with Gasteiger partial charge in [-0.05, 0) is 37.7 Å². The van der Waals surface area contributed by atoms with Crippen molar-refractivity contribution < 1.29 is 8.42 Å². The van der Waals surface area contributed by atoms with E-state index in [4.69, 9.17) is 0 Å². The van der Waals surface area contributed by atoms with E-state index >= 15 is 0 Å². The zero-order chi connectivity index (χ0) is 16.5. The number of rotatable bonds is 9. The van der Waals surface area contributed by atoms with E-state index in [2.05, 4.69) is 15.6 Å². The Morgan fingerprint density at radius 2 is 1.92 bits per heavy atom. The zero-order valence-electron chi connectivity index (χ0n) is 14.2. The highest BCUT2D eigenvalue weighted by Gasteiger charge is 2.20. The average molecular weight is 465 g/mol. The summed E-state index contributed by atoms with van der Waals surface area (Å²) in [6, 6.07) is 9.33. The summed E-state index contributed by atoms with van der Waals surface area (Å²) in [5.74, 6) is 1.84. The number of aliphatic imine (C=N–C) groups is 1. The molecule has 0 unspecified atom stereocenters. The van der Waals surface area contributed by atoms with Crippen molar-refractivity contribution in [3.05, 3.63) is 35.9 Å². The normalized spacial score (nSPS) is 14.8. The van der Waals surface area contributed by atoms with Gasteiger partial charge in [-0.2, -0.15) is 0 Å². The van der Waals surface area contributed by atoms with E-state index in [0.717, 1.165) is 30.5 Å². The van der Waals surface area contributed by atoms with E-state index < -0.39 is 9.84 Å². The fourth-order valence-corrected chi connectivity index (χ4v) is 3.69. The van der Waals surface area contributed by atoms with Crippen molar-refractivity contribution in [3.63, 3.8) is 0 Å². The van der Waals surface area contributed by atoms with Crippen LogP contribution in [0.4, 0.5) is 0 Å². The molecule has 0 saturated heterocycles. The van der Waals surface area contributed by atoms with Gasteiger partial charge in [-0.15, -0.1) is 24.0 Å². The highest BCUT2D eigenvalue weighted by Crippen LogP contribution is 2.28. The Morgan fingerprint density at radius 1 is 1.21 bits per heavy atom. The molecule has 1 aromatic carbocycles. The Hall–Kier alpha value is -0.830. The van der Waals surface area contributed by atoms with Gasteiger partial charge in [-0.25, -0.2) is 8.42 Å². The third kappa shape index (κ3) is 8.86. The van der Waals surface area contributed by atoms with Crippen LogP contribution in [0.5, 0.6) is 0 Å². The van der Waals surface area contributed by atoms with Gasteiger partial charge in [-0.1, -0.05) is 30.3 Å². The second kappa shape index (κ2) is 10.9. The number of guanidine groups is 1. The van der Waals surface area contributed by atoms with Crippen LogP contribution in [0.3, 0.4) is 0 Å². The maximum atomic E-state index is 12.1. The summed E-state index contributed by atoms with van der Waals surface area (Å²) in [6.07, 6.45) is 3.14. The first-order valence-electron chi connectivity index (χ1n) is 8.35. The van der Waals surface area contributed by atoms with Crippen molar-refractivity contribution in [1.29, 1.82) is 0 Å². The first-order valence-corrected chi connectivity index (χ1v) is 10.2. The molecule has 136 valence electrons. The van der Waals surface area contributed by atoms with Crippen LogP contribution in [0.15, 0.2) is 35.3 Å². The quantitative estimate of drug-likeness (QED) is 0.255. The summed E-state index contributed by atoms with van der Waals surface area (Å²) in [4.78, 5) is 4.52. The van der Waals surface area contributed by atoms with Crippen LogP contribution < -0.4 is 10.6 Å². The minimum Gasteiger partial charge on any atom is -0.357 e. The van der Waals surface area contributed by atoms with Gasteiger partial charge in [0.1, 0.15) is 0 Å². The van der Waals surface area contributed by atoms with Gasteiger partial charge in [0, 0.05) is 19.6 Å². The van der Waals surface area contributed by atoms with Crippen molar-refractivity contribution in [2.45, 2.75) is 31.9 Å². The van der Waals surface area contributed by atoms with E-state index in [1.165, 1.54) is 12.8 Å². The summed E-state index contributed by atoms with van der Waals surface area (Å²) in [7, 11) is -3.06. The van der Waals surface area contributed by atoms with Crippen LogP contribution in [0.25, 0.3) is 0 Å². The van der Waals surface area contributed by atoms with E-state index in [1.807, 2.05) is 37.3 Å². The van der Waals surface area contributed by atoms with Crippen molar-refractivity contribution in [1.82, 2.24) is 10.6 Å². The molecule has 0 heterocycles. The first-order chi connectivity index (χ1) is 11.1. The van der Waals surface area contributed by atoms with Gasteiger partial charge in [0.2, 0.25) is 0 Å². The lowest BCUT2D eigenvalue weighted by Gasteiger charge is -2.11. The van der Waals surface area contributed by atoms with Gasteiger partial charge in [-0.3, -0.25) is 4.99 Å². The third-order valence-electron chi connectivity index (χ3n) is 3.70. The standard InChI is InChI=1S/C17H27N3O2S.HI/c1-2-18-17(20-13-15-9-10-15)19-11-6-12-23(21,22)14-16-7-4-3-5-8-16;/h3-5,7-8,15H,2,6,9-14H2,1H3,(H2,18,19,20);1H. The van der Waals surface area contributed by atoms with Crippen LogP contribution in [0.1, 0.15) is 31.7 Å². The predicted molar refractivity (Wildman–Crippen MR) is 111 cm³/mol. The molecule has 0 atom stereocenters. The van der Waals surface area contributed by atoms with Crippen LogP contribution in [0, 0.1) is 5.92 Å². The molecule has 2 N–H and O–H groups in total. The Balaban J connectivity index is 0.00000288. The Bertz CT molecular complexity index is 602. The van der Waals surface area contributed by atoms with Crippen LogP contribution in [-0.4, -0.2) is 39.8 Å². The number of hydrogen-bond acceptors (Lipinski definition) is 3. The lowest BCUT2D eigenvalue weighted by atomic mass is 10.2. The monoisotopic (exact) mass is 465 g/mol. The first kappa shape index (κ1) is 21.2. The van der Waals surface area contributed by atoms with Gasteiger partial charge in [0.25, 0.3) is 0 Å². The van der Waals surface area contributed by atoms with E-state index in [0.29, 0.717) is 13.0 Å². The predicted octanol–water partition coefficient (Wildman–Crippen LogP) is 2.57. The van der Waals surface area contributed by atoms with Crippen molar-refractivity contribution >= 4 is 39.8 Å². The van der Waals surface area contributed by atoms with Crippen LogP contribution in [0.2, 0.25) is 0 Å². The molecular formula is C17H28IN3O2S. The fraction of sp³-hybridized carbons (Fsp3) is 0.588. The van der Waals surface area contributed by atoms with Crippen molar-refractivity contribution in [2.24, 2.45) is 10.9 Å². The molecule has 0 aliphatic heterocycles. The number of nitrogens with one attached hydrogen (secondary N) is 2. The van der Waals surface area contributed by atoms with Crippen molar-refractivity contribution in [2.75, 3.05) is 25.4 Å². The molecule has 1 aliphatic carbocycles. The van der Waals surface area contributed by atoms with Gasteiger partial charge >= 0.3 is 0 Å². The molecule has 0 bridgehead atoms. The minimum atomic E-state index is -3.06. The highest BCUT2D eigenvalue weighted by atomic mass is 127.